The summed E-state index contributed by atoms with van der Waals surface area (Å²) in [4.78, 5) is 20.2. The summed E-state index contributed by atoms with van der Waals surface area (Å²) in [6.45, 7) is 4.85. The Balaban J connectivity index is 1.96. The molecule has 0 aliphatic carbocycles. The number of carbonyl (C=O) groups is 1. The number of rotatable bonds is 5. The molecule has 1 N–H and O–H groups in total. The standard InChI is InChI=1S/C14H17N3OS/c1-10(2)7-16-13(18)6-12-9-19-14(17-12)11-4-3-5-15-8-11/h3-5,8-10H,6-7H2,1-2H3,(H,16,18). The molecule has 0 saturated carbocycles. The van der Waals surface area contributed by atoms with Gasteiger partial charge >= 0.3 is 0 Å². The van der Waals surface area contributed by atoms with Crippen molar-refractivity contribution in [1.29, 1.82) is 0 Å². The fourth-order valence-electron chi connectivity index (χ4n) is 1.55. The van der Waals surface area contributed by atoms with Gasteiger partial charge in [0.2, 0.25) is 5.91 Å². The molecule has 5 heteroatoms. The maximum absolute atomic E-state index is 11.7. The Bertz CT molecular complexity index is 537. The molecular weight excluding hydrogens is 258 g/mol. The second kappa shape index (κ2) is 6.43. The number of aromatic nitrogens is 2. The fourth-order valence-corrected chi connectivity index (χ4v) is 2.37. The zero-order valence-electron chi connectivity index (χ0n) is 11.1. The molecule has 4 nitrogen and oxygen atoms in total. The smallest absolute Gasteiger partial charge is 0.226 e. The summed E-state index contributed by atoms with van der Waals surface area (Å²) in [6.07, 6.45) is 3.85. The molecule has 0 aliphatic heterocycles. The maximum atomic E-state index is 11.7. The minimum Gasteiger partial charge on any atom is -0.356 e. The number of hydrogen-bond donors (Lipinski definition) is 1. The average Bonchev–Trinajstić information content (AvgIpc) is 2.86. The van der Waals surface area contributed by atoms with Crippen molar-refractivity contribution >= 4 is 17.2 Å². The van der Waals surface area contributed by atoms with Crippen LogP contribution in [0.15, 0.2) is 29.9 Å². The lowest BCUT2D eigenvalue weighted by atomic mass is 10.2. The molecule has 0 fully saturated rings. The highest BCUT2D eigenvalue weighted by molar-refractivity contribution is 7.13. The fraction of sp³-hybridized carbons (Fsp3) is 0.357. The largest absolute Gasteiger partial charge is 0.356 e. The van der Waals surface area contributed by atoms with Crippen LogP contribution in [0, 0.1) is 5.92 Å². The van der Waals surface area contributed by atoms with Crippen molar-refractivity contribution in [1.82, 2.24) is 15.3 Å². The van der Waals surface area contributed by atoms with E-state index in [0.29, 0.717) is 18.9 Å². The van der Waals surface area contributed by atoms with Crippen LogP contribution in [0.1, 0.15) is 19.5 Å². The Hall–Kier alpha value is -1.75. The summed E-state index contributed by atoms with van der Waals surface area (Å²) >= 11 is 1.54. The van der Waals surface area contributed by atoms with Crippen molar-refractivity contribution in [3.05, 3.63) is 35.6 Å². The van der Waals surface area contributed by atoms with Gasteiger partial charge in [0.15, 0.2) is 0 Å². The van der Waals surface area contributed by atoms with Crippen LogP contribution >= 0.6 is 11.3 Å². The predicted molar refractivity (Wildman–Crippen MR) is 76.9 cm³/mol. The molecule has 19 heavy (non-hydrogen) atoms. The third-order valence-corrected chi connectivity index (χ3v) is 3.45. The zero-order valence-corrected chi connectivity index (χ0v) is 11.9. The first-order valence-electron chi connectivity index (χ1n) is 6.26. The van der Waals surface area contributed by atoms with Crippen LogP contribution in [0.25, 0.3) is 10.6 Å². The molecule has 0 unspecified atom stereocenters. The lowest BCUT2D eigenvalue weighted by Gasteiger charge is -2.06. The molecule has 2 heterocycles. The first kappa shape index (κ1) is 13.7. The molecule has 0 radical (unpaired) electrons. The third-order valence-electron chi connectivity index (χ3n) is 2.51. The van der Waals surface area contributed by atoms with E-state index in [9.17, 15) is 4.79 Å². The van der Waals surface area contributed by atoms with Gasteiger partial charge in [0, 0.05) is 29.9 Å². The quantitative estimate of drug-likeness (QED) is 0.912. The van der Waals surface area contributed by atoms with Gasteiger partial charge in [0.05, 0.1) is 12.1 Å². The summed E-state index contributed by atoms with van der Waals surface area (Å²) in [5.74, 6) is 0.488. The highest BCUT2D eigenvalue weighted by Gasteiger charge is 2.09. The first-order chi connectivity index (χ1) is 9.15. The number of nitrogens with zero attached hydrogens (tertiary/aromatic N) is 2. The molecule has 0 saturated heterocycles. The van der Waals surface area contributed by atoms with Gasteiger partial charge in [0.25, 0.3) is 0 Å². The van der Waals surface area contributed by atoms with E-state index in [2.05, 4.69) is 29.1 Å². The van der Waals surface area contributed by atoms with E-state index in [4.69, 9.17) is 0 Å². The minimum absolute atomic E-state index is 0.0248. The van der Waals surface area contributed by atoms with Gasteiger partial charge in [-0.25, -0.2) is 4.98 Å². The summed E-state index contributed by atoms with van der Waals surface area (Å²) in [6, 6.07) is 3.85. The van der Waals surface area contributed by atoms with Crippen molar-refractivity contribution in [2.45, 2.75) is 20.3 Å². The Kier molecular flexibility index (Phi) is 4.63. The van der Waals surface area contributed by atoms with Gasteiger partial charge in [-0.2, -0.15) is 0 Å². The number of thiazole rings is 1. The molecule has 2 aromatic heterocycles. The van der Waals surface area contributed by atoms with Crippen molar-refractivity contribution in [3.63, 3.8) is 0 Å². The van der Waals surface area contributed by atoms with E-state index < -0.39 is 0 Å². The van der Waals surface area contributed by atoms with Gasteiger partial charge in [-0.15, -0.1) is 11.3 Å². The summed E-state index contributed by atoms with van der Waals surface area (Å²) in [5, 5.41) is 5.72. The Labute approximate surface area is 116 Å². The Morgan fingerprint density at radius 3 is 3.00 bits per heavy atom. The van der Waals surface area contributed by atoms with Gasteiger partial charge in [-0.3, -0.25) is 9.78 Å². The summed E-state index contributed by atoms with van der Waals surface area (Å²) in [5.41, 5.74) is 1.80. The SMILES string of the molecule is CC(C)CNC(=O)Cc1csc(-c2cccnc2)n1. The molecule has 1 amide bonds. The molecular formula is C14H17N3OS. The number of pyridine rings is 1. The van der Waals surface area contributed by atoms with Gasteiger partial charge < -0.3 is 5.32 Å². The van der Waals surface area contributed by atoms with E-state index in [1.807, 2.05) is 17.5 Å². The number of hydrogen-bond acceptors (Lipinski definition) is 4. The van der Waals surface area contributed by atoms with E-state index in [-0.39, 0.29) is 5.91 Å². The van der Waals surface area contributed by atoms with E-state index in [0.717, 1.165) is 16.3 Å². The molecule has 0 aromatic carbocycles. The highest BCUT2D eigenvalue weighted by Crippen LogP contribution is 2.22. The highest BCUT2D eigenvalue weighted by atomic mass is 32.1. The number of nitrogens with one attached hydrogen (secondary N) is 1. The maximum Gasteiger partial charge on any atom is 0.226 e. The first-order valence-corrected chi connectivity index (χ1v) is 7.14. The molecule has 2 aromatic rings. The van der Waals surface area contributed by atoms with Crippen molar-refractivity contribution in [2.75, 3.05) is 6.54 Å². The van der Waals surface area contributed by atoms with E-state index in [1.165, 1.54) is 11.3 Å². The van der Waals surface area contributed by atoms with Gasteiger partial charge in [-0.05, 0) is 18.1 Å². The summed E-state index contributed by atoms with van der Waals surface area (Å²) in [7, 11) is 0. The molecule has 0 spiro atoms. The van der Waals surface area contributed by atoms with Crippen LogP contribution in [-0.4, -0.2) is 22.4 Å². The molecule has 0 bridgehead atoms. The van der Waals surface area contributed by atoms with Gasteiger partial charge in [-0.1, -0.05) is 13.8 Å². The lowest BCUT2D eigenvalue weighted by Crippen LogP contribution is -2.28. The van der Waals surface area contributed by atoms with Crippen LogP contribution in [0.3, 0.4) is 0 Å². The Morgan fingerprint density at radius 1 is 1.47 bits per heavy atom. The number of carbonyl (C=O) groups excluding carboxylic acids is 1. The van der Waals surface area contributed by atoms with Crippen LogP contribution in [-0.2, 0) is 11.2 Å². The normalized spacial score (nSPS) is 10.7. The molecule has 2 rings (SSSR count). The monoisotopic (exact) mass is 275 g/mol. The minimum atomic E-state index is 0.0248. The molecule has 0 atom stereocenters. The second-order valence-electron chi connectivity index (χ2n) is 4.76. The van der Waals surface area contributed by atoms with Crippen molar-refractivity contribution in [2.24, 2.45) is 5.92 Å². The van der Waals surface area contributed by atoms with Crippen molar-refractivity contribution in [3.8, 4) is 10.6 Å². The Morgan fingerprint density at radius 2 is 2.32 bits per heavy atom. The third kappa shape index (κ3) is 4.13. The molecule has 0 aliphatic rings. The lowest BCUT2D eigenvalue weighted by molar-refractivity contribution is -0.120. The summed E-state index contributed by atoms with van der Waals surface area (Å²) < 4.78 is 0. The van der Waals surface area contributed by atoms with Crippen LogP contribution < -0.4 is 5.32 Å². The van der Waals surface area contributed by atoms with Crippen LogP contribution in [0.2, 0.25) is 0 Å². The van der Waals surface area contributed by atoms with Crippen LogP contribution in [0.5, 0.6) is 0 Å². The number of amides is 1. The van der Waals surface area contributed by atoms with E-state index in [1.54, 1.807) is 12.4 Å². The van der Waals surface area contributed by atoms with Crippen LogP contribution in [0.4, 0.5) is 0 Å². The average molecular weight is 275 g/mol. The molecule has 100 valence electrons. The van der Waals surface area contributed by atoms with E-state index >= 15 is 0 Å². The second-order valence-corrected chi connectivity index (χ2v) is 5.62. The predicted octanol–water partition coefficient (Wildman–Crippen LogP) is 2.52. The van der Waals surface area contributed by atoms with Gasteiger partial charge in [0.1, 0.15) is 5.01 Å². The van der Waals surface area contributed by atoms with Crippen molar-refractivity contribution < 1.29 is 4.79 Å². The topological polar surface area (TPSA) is 54.9 Å². The zero-order chi connectivity index (χ0) is 13.7.